The Labute approximate surface area is 130 Å². The molecule has 22 heavy (non-hydrogen) atoms. The molecule has 1 heterocycles. The Kier molecular flexibility index (Phi) is 4.43. The van der Waals surface area contributed by atoms with E-state index < -0.39 is 0 Å². The lowest BCUT2D eigenvalue weighted by Gasteiger charge is -2.34. The van der Waals surface area contributed by atoms with Crippen molar-refractivity contribution in [3.63, 3.8) is 0 Å². The van der Waals surface area contributed by atoms with E-state index in [9.17, 15) is 0 Å². The molecule has 0 spiro atoms. The zero-order chi connectivity index (χ0) is 15.4. The van der Waals surface area contributed by atoms with Crippen LogP contribution in [-0.4, -0.2) is 23.8 Å². The second kappa shape index (κ2) is 6.48. The first-order valence-electron chi connectivity index (χ1n) is 7.92. The van der Waals surface area contributed by atoms with Crippen LogP contribution in [0.3, 0.4) is 0 Å². The normalized spacial score (nSPS) is 17.4. The maximum absolute atomic E-state index is 6.04. The van der Waals surface area contributed by atoms with E-state index >= 15 is 0 Å². The van der Waals surface area contributed by atoms with Crippen LogP contribution in [0.25, 0.3) is 11.4 Å². The van der Waals surface area contributed by atoms with Crippen LogP contribution in [0.15, 0.2) is 28.8 Å². The monoisotopic (exact) mass is 301 g/mol. The van der Waals surface area contributed by atoms with Gasteiger partial charge in [0.1, 0.15) is 5.75 Å². The molecule has 1 aliphatic rings. The number of methoxy groups -OCH3 is 1. The van der Waals surface area contributed by atoms with Crippen molar-refractivity contribution in [3.05, 3.63) is 30.2 Å². The number of ether oxygens (including phenoxy) is 1. The number of nitrogens with zero attached hydrogens (tertiary/aromatic N) is 2. The summed E-state index contributed by atoms with van der Waals surface area (Å²) < 4.78 is 10.7. The molecule has 0 saturated heterocycles. The smallest absolute Gasteiger partial charge is 0.227 e. The molecule has 1 aromatic heterocycles. The number of hydrogen-bond donors (Lipinski definition) is 1. The molecule has 5 nitrogen and oxygen atoms in total. The molecule has 0 radical (unpaired) electrons. The first kappa shape index (κ1) is 15.0. The highest BCUT2D eigenvalue weighted by atomic mass is 16.5. The molecular weight excluding hydrogens is 278 g/mol. The quantitative estimate of drug-likeness (QED) is 0.918. The minimum Gasteiger partial charge on any atom is -0.497 e. The van der Waals surface area contributed by atoms with Gasteiger partial charge in [0, 0.05) is 12.0 Å². The number of rotatable bonds is 5. The van der Waals surface area contributed by atoms with Gasteiger partial charge in [0.25, 0.3) is 0 Å². The van der Waals surface area contributed by atoms with Gasteiger partial charge in [0.15, 0.2) is 0 Å². The van der Waals surface area contributed by atoms with Gasteiger partial charge in [-0.05, 0) is 36.9 Å². The van der Waals surface area contributed by atoms with Gasteiger partial charge in [0.05, 0.1) is 7.11 Å². The Morgan fingerprint density at radius 1 is 1.27 bits per heavy atom. The van der Waals surface area contributed by atoms with Crippen LogP contribution >= 0.6 is 0 Å². The average molecular weight is 301 g/mol. The highest BCUT2D eigenvalue weighted by Crippen LogP contribution is 2.38. The molecule has 0 amide bonds. The van der Waals surface area contributed by atoms with E-state index in [4.69, 9.17) is 15.0 Å². The van der Waals surface area contributed by atoms with E-state index in [1.165, 1.54) is 19.3 Å². The Balaban J connectivity index is 1.78. The Hall–Kier alpha value is -1.88. The SMILES string of the molecule is COc1cccc(-c2noc(CC3(CN)CCCCC3)n2)c1. The number of hydrogen-bond acceptors (Lipinski definition) is 5. The van der Waals surface area contributed by atoms with Crippen molar-refractivity contribution < 1.29 is 9.26 Å². The van der Waals surface area contributed by atoms with Gasteiger partial charge in [-0.15, -0.1) is 0 Å². The highest BCUT2D eigenvalue weighted by molar-refractivity contribution is 5.56. The van der Waals surface area contributed by atoms with E-state index in [1.54, 1.807) is 7.11 Å². The third kappa shape index (κ3) is 3.14. The first-order chi connectivity index (χ1) is 10.7. The number of aromatic nitrogens is 2. The van der Waals surface area contributed by atoms with Gasteiger partial charge in [0.2, 0.25) is 11.7 Å². The third-order valence-electron chi connectivity index (χ3n) is 4.67. The van der Waals surface area contributed by atoms with E-state index in [0.717, 1.165) is 30.6 Å². The molecule has 2 aromatic rings. The van der Waals surface area contributed by atoms with Crippen molar-refractivity contribution in [3.8, 4) is 17.1 Å². The van der Waals surface area contributed by atoms with Gasteiger partial charge in [-0.3, -0.25) is 0 Å². The molecule has 1 aliphatic carbocycles. The van der Waals surface area contributed by atoms with Gasteiger partial charge < -0.3 is 15.0 Å². The van der Waals surface area contributed by atoms with Crippen LogP contribution in [0.1, 0.15) is 38.0 Å². The first-order valence-corrected chi connectivity index (χ1v) is 7.92. The van der Waals surface area contributed by atoms with Gasteiger partial charge in [-0.1, -0.05) is 36.6 Å². The minimum atomic E-state index is 0.135. The lowest BCUT2D eigenvalue weighted by molar-refractivity contribution is 0.177. The summed E-state index contributed by atoms with van der Waals surface area (Å²) in [4.78, 5) is 4.55. The third-order valence-corrected chi connectivity index (χ3v) is 4.67. The van der Waals surface area contributed by atoms with Crippen LogP contribution in [0.5, 0.6) is 5.75 Å². The Morgan fingerprint density at radius 3 is 2.82 bits per heavy atom. The van der Waals surface area contributed by atoms with Crippen LogP contribution < -0.4 is 10.5 Å². The molecule has 118 valence electrons. The summed E-state index contributed by atoms with van der Waals surface area (Å²) in [6, 6.07) is 7.69. The summed E-state index contributed by atoms with van der Waals surface area (Å²) in [5.41, 5.74) is 7.07. The summed E-state index contributed by atoms with van der Waals surface area (Å²) in [6.07, 6.45) is 6.88. The summed E-state index contributed by atoms with van der Waals surface area (Å²) in [7, 11) is 1.65. The van der Waals surface area contributed by atoms with E-state index in [0.29, 0.717) is 18.3 Å². The lowest BCUT2D eigenvalue weighted by atomic mass is 9.72. The maximum atomic E-state index is 6.04. The van der Waals surface area contributed by atoms with Crippen molar-refractivity contribution in [1.29, 1.82) is 0 Å². The van der Waals surface area contributed by atoms with E-state index in [-0.39, 0.29) is 5.41 Å². The van der Waals surface area contributed by atoms with Crippen molar-refractivity contribution in [1.82, 2.24) is 10.1 Å². The lowest BCUT2D eigenvalue weighted by Crippen LogP contribution is -2.35. The Morgan fingerprint density at radius 2 is 2.09 bits per heavy atom. The predicted octanol–water partition coefficient (Wildman–Crippen LogP) is 3.20. The second-order valence-electron chi connectivity index (χ2n) is 6.19. The average Bonchev–Trinajstić information content (AvgIpc) is 3.04. The molecule has 0 atom stereocenters. The standard InChI is InChI=1S/C17H23N3O2/c1-21-14-7-5-6-13(10-14)16-19-15(22-20-16)11-17(12-18)8-3-2-4-9-17/h5-7,10H,2-4,8-9,11-12,18H2,1H3. The van der Waals surface area contributed by atoms with Gasteiger partial charge in [-0.25, -0.2) is 0 Å². The summed E-state index contributed by atoms with van der Waals surface area (Å²) in [5.74, 6) is 2.08. The molecular formula is C17H23N3O2. The summed E-state index contributed by atoms with van der Waals surface area (Å²) in [6.45, 7) is 0.684. The van der Waals surface area contributed by atoms with Crippen molar-refractivity contribution in [2.24, 2.45) is 11.1 Å². The maximum Gasteiger partial charge on any atom is 0.227 e. The van der Waals surface area contributed by atoms with Gasteiger partial charge in [-0.2, -0.15) is 4.98 Å². The molecule has 2 N–H and O–H groups in total. The van der Waals surface area contributed by atoms with E-state index in [1.807, 2.05) is 24.3 Å². The fraction of sp³-hybridized carbons (Fsp3) is 0.529. The predicted molar refractivity (Wildman–Crippen MR) is 84.6 cm³/mol. The molecule has 3 rings (SSSR count). The molecule has 1 saturated carbocycles. The zero-order valence-corrected chi connectivity index (χ0v) is 13.0. The molecule has 0 bridgehead atoms. The molecule has 5 heteroatoms. The Bertz CT molecular complexity index is 618. The summed E-state index contributed by atoms with van der Waals surface area (Å²) >= 11 is 0. The largest absolute Gasteiger partial charge is 0.497 e. The van der Waals surface area contributed by atoms with Crippen LogP contribution in [0.4, 0.5) is 0 Å². The van der Waals surface area contributed by atoms with E-state index in [2.05, 4.69) is 10.1 Å². The van der Waals surface area contributed by atoms with Crippen LogP contribution in [-0.2, 0) is 6.42 Å². The summed E-state index contributed by atoms with van der Waals surface area (Å²) in [5, 5.41) is 4.11. The van der Waals surface area contributed by atoms with Gasteiger partial charge >= 0.3 is 0 Å². The number of nitrogens with two attached hydrogens (primary N) is 1. The molecule has 0 aliphatic heterocycles. The molecule has 1 fully saturated rings. The van der Waals surface area contributed by atoms with Crippen molar-refractivity contribution in [2.45, 2.75) is 38.5 Å². The highest BCUT2D eigenvalue weighted by Gasteiger charge is 2.33. The second-order valence-corrected chi connectivity index (χ2v) is 6.19. The van der Waals surface area contributed by atoms with Crippen molar-refractivity contribution >= 4 is 0 Å². The fourth-order valence-corrected chi connectivity index (χ4v) is 3.28. The van der Waals surface area contributed by atoms with Crippen molar-refractivity contribution in [2.75, 3.05) is 13.7 Å². The number of benzene rings is 1. The molecule has 0 unspecified atom stereocenters. The topological polar surface area (TPSA) is 74.2 Å². The zero-order valence-electron chi connectivity index (χ0n) is 13.0. The fourth-order valence-electron chi connectivity index (χ4n) is 3.28. The minimum absolute atomic E-state index is 0.135. The van der Waals surface area contributed by atoms with Crippen LogP contribution in [0, 0.1) is 5.41 Å². The molecule has 1 aromatic carbocycles. The van der Waals surface area contributed by atoms with Crippen LogP contribution in [0.2, 0.25) is 0 Å².